The molecule has 98 valence electrons. The van der Waals surface area contributed by atoms with Crippen LogP contribution in [0.15, 0.2) is 24.3 Å². The van der Waals surface area contributed by atoms with Crippen molar-refractivity contribution in [3.05, 3.63) is 29.8 Å². The summed E-state index contributed by atoms with van der Waals surface area (Å²) in [6.45, 7) is 1.77. The molecule has 1 aromatic rings. The molecule has 2 atom stereocenters. The van der Waals surface area contributed by atoms with Crippen LogP contribution in [0.3, 0.4) is 0 Å². The van der Waals surface area contributed by atoms with E-state index in [2.05, 4.69) is 29.6 Å². The van der Waals surface area contributed by atoms with Crippen LogP contribution >= 0.6 is 0 Å². The first-order valence-corrected chi connectivity index (χ1v) is 6.89. The van der Waals surface area contributed by atoms with E-state index >= 15 is 0 Å². The maximum atomic E-state index is 6.21. The molecule has 2 heterocycles. The first-order chi connectivity index (χ1) is 8.88. The predicted molar refractivity (Wildman–Crippen MR) is 70.8 cm³/mol. The fraction of sp³-hybridized carbons (Fsp3) is 0.600. The van der Waals surface area contributed by atoms with Gasteiger partial charge in [-0.3, -0.25) is 0 Å². The fourth-order valence-corrected chi connectivity index (χ4v) is 3.10. The standard InChI is InChI=1S/C15H21NO2/c1-16-13-10-15(11-6-8-17-9-7-11)18-14-5-3-2-4-12(13)14/h2-5,11,13,15-16H,6-10H2,1H3. The fourth-order valence-electron chi connectivity index (χ4n) is 3.10. The second-order valence-electron chi connectivity index (χ2n) is 5.22. The molecule has 1 N–H and O–H groups in total. The van der Waals surface area contributed by atoms with Crippen LogP contribution in [0.5, 0.6) is 5.75 Å². The van der Waals surface area contributed by atoms with Gasteiger partial charge in [0.2, 0.25) is 0 Å². The van der Waals surface area contributed by atoms with Gasteiger partial charge in [0.05, 0.1) is 0 Å². The topological polar surface area (TPSA) is 30.5 Å². The molecule has 0 amide bonds. The van der Waals surface area contributed by atoms with E-state index < -0.39 is 0 Å². The number of benzene rings is 1. The van der Waals surface area contributed by atoms with Gasteiger partial charge in [-0.2, -0.15) is 0 Å². The summed E-state index contributed by atoms with van der Waals surface area (Å²) in [5.41, 5.74) is 1.29. The second-order valence-corrected chi connectivity index (χ2v) is 5.22. The molecule has 2 aliphatic heterocycles. The van der Waals surface area contributed by atoms with Crippen LogP contribution < -0.4 is 10.1 Å². The van der Waals surface area contributed by atoms with Crippen LogP contribution in [0.1, 0.15) is 30.9 Å². The Bertz CT molecular complexity index is 401. The van der Waals surface area contributed by atoms with Gasteiger partial charge < -0.3 is 14.8 Å². The molecule has 2 aliphatic rings. The van der Waals surface area contributed by atoms with E-state index in [-0.39, 0.29) is 0 Å². The monoisotopic (exact) mass is 247 g/mol. The summed E-state index contributed by atoms with van der Waals surface area (Å²) < 4.78 is 11.6. The number of hydrogen-bond donors (Lipinski definition) is 1. The molecule has 0 radical (unpaired) electrons. The molecule has 0 bridgehead atoms. The molecule has 3 heteroatoms. The summed E-state index contributed by atoms with van der Waals surface area (Å²) in [5.74, 6) is 1.70. The van der Waals surface area contributed by atoms with E-state index in [0.29, 0.717) is 18.1 Å². The van der Waals surface area contributed by atoms with Crippen molar-refractivity contribution < 1.29 is 9.47 Å². The average molecular weight is 247 g/mol. The van der Waals surface area contributed by atoms with E-state index in [1.54, 1.807) is 0 Å². The molecule has 0 aromatic heterocycles. The van der Waals surface area contributed by atoms with E-state index in [9.17, 15) is 0 Å². The number of rotatable bonds is 2. The Labute approximate surface area is 108 Å². The van der Waals surface area contributed by atoms with Crippen molar-refractivity contribution in [3.8, 4) is 5.75 Å². The number of para-hydroxylation sites is 1. The highest BCUT2D eigenvalue weighted by molar-refractivity contribution is 5.38. The Morgan fingerprint density at radius 2 is 1.94 bits per heavy atom. The Kier molecular flexibility index (Phi) is 3.52. The van der Waals surface area contributed by atoms with Crippen LogP contribution in [-0.4, -0.2) is 26.4 Å². The normalized spacial score (nSPS) is 28.5. The van der Waals surface area contributed by atoms with Gasteiger partial charge in [0, 0.05) is 37.2 Å². The molecule has 0 saturated carbocycles. The molecule has 3 rings (SSSR count). The molecule has 18 heavy (non-hydrogen) atoms. The lowest BCUT2D eigenvalue weighted by Gasteiger charge is -2.37. The molecular weight excluding hydrogens is 226 g/mol. The van der Waals surface area contributed by atoms with Gasteiger partial charge in [-0.05, 0) is 26.0 Å². The van der Waals surface area contributed by atoms with Crippen molar-refractivity contribution in [2.24, 2.45) is 5.92 Å². The van der Waals surface area contributed by atoms with Crippen molar-refractivity contribution in [3.63, 3.8) is 0 Å². The predicted octanol–water partition coefficient (Wildman–Crippen LogP) is 2.52. The Morgan fingerprint density at radius 1 is 1.17 bits per heavy atom. The summed E-state index contributed by atoms with van der Waals surface area (Å²) in [6, 6.07) is 8.81. The van der Waals surface area contributed by atoms with Gasteiger partial charge in [0.15, 0.2) is 0 Å². The first kappa shape index (κ1) is 12.0. The van der Waals surface area contributed by atoms with Gasteiger partial charge >= 0.3 is 0 Å². The minimum atomic E-state index is 0.334. The van der Waals surface area contributed by atoms with Crippen molar-refractivity contribution >= 4 is 0 Å². The van der Waals surface area contributed by atoms with Crippen LogP contribution in [0.2, 0.25) is 0 Å². The molecule has 2 unspecified atom stereocenters. The number of hydrogen-bond acceptors (Lipinski definition) is 3. The molecular formula is C15H21NO2. The minimum absolute atomic E-state index is 0.334. The van der Waals surface area contributed by atoms with E-state index in [0.717, 1.165) is 38.2 Å². The number of fused-ring (bicyclic) bond motifs is 1. The lowest BCUT2D eigenvalue weighted by molar-refractivity contribution is 0.00570. The van der Waals surface area contributed by atoms with Crippen molar-refractivity contribution in [2.45, 2.75) is 31.4 Å². The van der Waals surface area contributed by atoms with Crippen molar-refractivity contribution in [2.75, 3.05) is 20.3 Å². The van der Waals surface area contributed by atoms with Crippen LogP contribution in [0.4, 0.5) is 0 Å². The Balaban J connectivity index is 1.80. The molecule has 0 aliphatic carbocycles. The second kappa shape index (κ2) is 5.29. The van der Waals surface area contributed by atoms with Crippen molar-refractivity contribution in [1.82, 2.24) is 5.32 Å². The molecule has 3 nitrogen and oxygen atoms in total. The summed E-state index contributed by atoms with van der Waals surface area (Å²) in [5, 5.41) is 3.42. The molecule has 1 fully saturated rings. The van der Waals surface area contributed by atoms with E-state index in [4.69, 9.17) is 9.47 Å². The first-order valence-electron chi connectivity index (χ1n) is 6.89. The SMILES string of the molecule is CNC1CC(C2CCOCC2)Oc2ccccc21. The third-order valence-corrected chi connectivity index (χ3v) is 4.18. The maximum Gasteiger partial charge on any atom is 0.124 e. The zero-order chi connectivity index (χ0) is 12.4. The van der Waals surface area contributed by atoms with Crippen LogP contribution in [-0.2, 0) is 4.74 Å². The maximum absolute atomic E-state index is 6.21. The smallest absolute Gasteiger partial charge is 0.124 e. The van der Waals surface area contributed by atoms with Gasteiger partial charge in [-0.15, -0.1) is 0 Å². The lowest BCUT2D eigenvalue weighted by Crippen LogP contribution is -2.38. The minimum Gasteiger partial charge on any atom is -0.490 e. The summed E-state index contributed by atoms with van der Waals surface area (Å²) in [7, 11) is 2.04. The lowest BCUT2D eigenvalue weighted by atomic mass is 9.86. The third-order valence-electron chi connectivity index (χ3n) is 4.18. The largest absolute Gasteiger partial charge is 0.490 e. The van der Waals surface area contributed by atoms with Gasteiger partial charge in [-0.25, -0.2) is 0 Å². The molecule has 0 spiro atoms. The summed E-state index contributed by atoms with van der Waals surface area (Å²) in [6.07, 6.45) is 3.66. The number of ether oxygens (including phenoxy) is 2. The van der Waals surface area contributed by atoms with Crippen molar-refractivity contribution in [1.29, 1.82) is 0 Å². The summed E-state index contributed by atoms with van der Waals surface area (Å²) >= 11 is 0. The Hall–Kier alpha value is -1.06. The van der Waals surface area contributed by atoms with Gasteiger partial charge in [-0.1, -0.05) is 18.2 Å². The van der Waals surface area contributed by atoms with Gasteiger partial charge in [0.1, 0.15) is 11.9 Å². The van der Waals surface area contributed by atoms with Crippen LogP contribution in [0, 0.1) is 5.92 Å². The van der Waals surface area contributed by atoms with Crippen LogP contribution in [0.25, 0.3) is 0 Å². The highest BCUT2D eigenvalue weighted by Gasteiger charge is 2.33. The summed E-state index contributed by atoms with van der Waals surface area (Å²) in [4.78, 5) is 0. The zero-order valence-corrected chi connectivity index (χ0v) is 10.9. The quantitative estimate of drug-likeness (QED) is 0.871. The number of nitrogens with one attached hydrogen (secondary N) is 1. The molecule has 1 aromatic carbocycles. The molecule has 1 saturated heterocycles. The highest BCUT2D eigenvalue weighted by Crippen LogP contribution is 2.38. The zero-order valence-electron chi connectivity index (χ0n) is 10.9. The average Bonchev–Trinajstić information content (AvgIpc) is 2.47. The van der Waals surface area contributed by atoms with E-state index in [1.807, 2.05) is 7.05 Å². The highest BCUT2D eigenvalue weighted by atomic mass is 16.5. The van der Waals surface area contributed by atoms with Gasteiger partial charge in [0.25, 0.3) is 0 Å². The third kappa shape index (κ3) is 2.25. The Morgan fingerprint density at radius 3 is 2.72 bits per heavy atom. The van der Waals surface area contributed by atoms with E-state index in [1.165, 1.54) is 5.56 Å².